The molecule has 1 rings (SSSR count). The Kier molecular flexibility index (Phi) is 5.55. The number of oxime groups is 1. The average Bonchev–Trinajstić information content (AvgIpc) is 2.52. The van der Waals surface area contributed by atoms with Crippen molar-refractivity contribution in [3.05, 3.63) is 35.4 Å². The van der Waals surface area contributed by atoms with E-state index in [-0.39, 0.29) is 17.3 Å². The first kappa shape index (κ1) is 16.0. The monoisotopic (exact) mass is 277 g/mol. The second-order valence-electron chi connectivity index (χ2n) is 4.86. The number of rotatable bonds is 6. The maximum Gasteiger partial charge on any atom is 0.251 e. The lowest BCUT2D eigenvalue weighted by molar-refractivity contribution is 0.0888. The SMILES string of the molecule is CCC(CC)(CC)NC(=O)c1ccc(C(N)=NO)cc1. The molecule has 0 aliphatic heterocycles. The first-order valence-electron chi connectivity index (χ1n) is 6.92. The van der Waals surface area contributed by atoms with Gasteiger partial charge in [0, 0.05) is 16.7 Å². The van der Waals surface area contributed by atoms with Gasteiger partial charge in [-0.05, 0) is 31.4 Å². The Morgan fingerprint density at radius 1 is 1.15 bits per heavy atom. The van der Waals surface area contributed by atoms with E-state index in [2.05, 4.69) is 31.2 Å². The molecule has 0 atom stereocenters. The zero-order valence-electron chi connectivity index (χ0n) is 12.3. The Labute approximate surface area is 119 Å². The van der Waals surface area contributed by atoms with Crippen LogP contribution in [0.1, 0.15) is 56.0 Å². The minimum atomic E-state index is -0.151. The van der Waals surface area contributed by atoms with Crippen LogP contribution in [0.3, 0.4) is 0 Å². The summed E-state index contributed by atoms with van der Waals surface area (Å²) < 4.78 is 0. The lowest BCUT2D eigenvalue weighted by Gasteiger charge is -2.31. The van der Waals surface area contributed by atoms with Gasteiger partial charge in [0.05, 0.1) is 0 Å². The molecule has 0 bridgehead atoms. The zero-order chi connectivity index (χ0) is 15.2. The lowest BCUT2D eigenvalue weighted by Crippen LogP contribution is -2.47. The van der Waals surface area contributed by atoms with E-state index in [1.54, 1.807) is 24.3 Å². The maximum absolute atomic E-state index is 12.3. The maximum atomic E-state index is 12.3. The van der Waals surface area contributed by atoms with Crippen molar-refractivity contribution in [2.45, 2.75) is 45.6 Å². The van der Waals surface area contributed by atoms with Gasteiger partial charge in [0.2, 0.25) is 0 Å². The molecule has 0 unspecified atom stereocenters. The normalized spacial score (nSPS) is 12.2. The van der Waals surface area contributed by atoms with Crippen LogP contribution in [0.4, 0.5) is 0 Å². The highest BCUT2D eigenvalue weighted by Gasteiger charge is 2.26. The predicted octanol–water partition coefficient (Wildman–Crippen LogP) is 2.48. The molecule has 0 spiro atoms. The molecule has 4 N–H and O–H groups in total. The number of nitrogens with one attached hydrogen (secondary N) is 1. The molecule has 0 aliphatic rings. The van der Waals surface area contributed by atoms with E-state index in [9.17, 15) is 4.79 Å². The van der Waals surface area contributed by atoms with E-state index in [4.69, 9.17) is 10.9 Å². The van der Waals surface area contributed by atoms with Gasteiger partial charge in [-0.25, -0.2) is 0 Å². The number of hydrogen-bond donors (Lipinski definition) is 3. The third-order valence-corrected chi connectivity index (χ3v) is 3.96. The minimum Gasteiger partial charge on any atom is -0.409 e. The van der Waals surface area contributed by atoms with E-state index in [0.29, 0.717) is 11.1 Å². The highest BCUT2D eigenvalue weighted by atomic mass is 16.4. The van der Waals surface area contributed by atoms with Crippen molar-refractivity contribution in [1.29, 1.82) is 0 Å². The number of amidine groups is 1. The van der Waals surface area contributed by atoms with Crippen LogP contribution in [0, 0.1) is 0 Å². The van der Waals surface area contributed by atoms with Crippen molar-refractivity contribution >= 4 is 11.7 Å². The van der Waals surface area contributed by atoms with Gasteiger partial charge >= 0.3 is 0 Å². The zero-order valence-corrected chi connectivity index (χ0v) is 12.3. The molecule has 0 heterocycles. The highest BCUT2D eigenvalue weighted by Crippen LogP contribution is 2.20. The standard InChI is InChI=1S/C15H23N3O2/c1-4-15(5-2,6-3)17-14(19)12-9-7-11(8-10-12)13(16)18-20/h7-10,20H,4-6H2,1-3H3,(H2,16,18)(H,17,19). The van der Waals surface area contributed by atoms with E-state index >= 15 is 0 Å². The third kappa shape index (κ3) is 3.50. The summed E-state index contributed by atoms with van der Waals surface area (Å²) in [6, 6.07) is 6.67. The van der Waals surface area contributed by atoms with Gasteiger partial charge in [-0.1, -0.05) is 38.1 Å². The first-order chi connectivity index (χ1) is 9.51. The molecule has 1 amide bonds. The van der Waals surface area contributed by atoms with E-state index in [0.717, 1.165) is 19.3 Å². The molecule has 1 aromatic carbocycles. The van der Waals surface area contributed by atoms with Crippen LogP contribution in [0.2, 0.25) is 0 Å². The van der Waals surface area contributed by atoms with Crippen LogP contribution < -0.4 is 11.1 Å². The summed E-state index contributed by atoms with van der Waals surface area (Å²) in [5.41, 5.74) is 6.48. The summed E-state index contributed by atoms with van der Waals surface area (Å²) in [6.45, 7) is 6.23. The first-order valence-corrected chi connectivity index (χ1v) is 6.92. The molecular formula is C15H23N3O2. The molecule has 0 fully saturated rings. The Morgan fingerprint density at radius 2 is 1.60 bits per heavy atom. The Morgan fingerprint density at radius 3 is 2.00 bits per heavy atom. The van der Waals surface area contributed by atoms with E-state index < -0.39 is 0 Å². The average molecular weight is 277 g/mol. The number of carbonyl (C=O) groups excluding carboxylic acids is 1. The van der Waals surface area contributed by atoms with Crippen molar-refractivity contribution in [1.82, 2.24) is 5.32 Å². The largest absolute Gasteiger partial charge is 0.409 e. The van der Waals surface area contributed by atoms with Gasteiger partial charge in [0.1, 0.15) is 0 Å². The summed E-state index contributed by atoms with van der Waals surface area (Å²) in [6.07, 6.45) is 2.69. The Bertz CT molecular complexity index is 468. The van der Waals surface area contributed by atoms with Gasteiger partial charge in [-0.15, -0.1) is 0 Å². The lowest BCUT2D eigenvalue weighted by atomic mass is 9.89. The molecule has 0 aromatic heterocycles. The number of amides is 1. The van der Waals surface area contributed by atoms with Crippen molar-refractivity contribution in [3.8, 4) is 0 Å². The quantitative estimate of drug-likeness (QED) is 0.323. The fraction of sp³-hybridized carbons (Fsp3) is 0.467. The fourth-order valence-corrected chi connectivity index (χ4v) is 2.18. The van der Waals surface area contributed by atoms with E-state index in [1.165, 1.54) is 0 Å². The van der Waals surface area contributed by atoms with Crippen LogP contribution >= 0.6 is 0 Å². The van der Waals surface area contributed by atoms with Gasteiger partial charge in [-0.3, -0.25) is 4.79 Å². The summed E-state index contributed by atoms with van der Waals surface area (Å²) in [5.74, 6) is -0.0661. The highest BCUT2D eigenvalue weighted by molar-refractivity contribution is 5.99. The van der Waals surface area contributed by atoms with Crippen LogP contribution in [-0.4, -0.2) is 22.5 Å². The smallest absolute Gasteiger partial charge is 0.251 e. The van der Waals surface area contributed by atoms with Crippen molar-refractivity contribution in [3.63, 3.8) is 0 Å². The molecule has 0 saturated heterocycles. The molecule has 1 aromatic rings. The Hall–Kier alpha value is -2.04. The fourth-order valence-electron chi connectivity index (χ4n) is 2.18. The van der Waals surface area contributed by atoms with Gasteiger partial charge < -0.3 is 16.3 Å². The topological polar surface area (TPSA) is 87.7 Å². The number of nitrogens with zero attached hydrogens (tertiary/aromatic N) is 1. The molecular weight excluding hydrogens is 254 g/mol. The Balaban J connectivity index is 2.88. The van der Waals surface area contributed by atoms with Crippen LogP contribution in [0.15, 0.2) is 29.4 Å². The van der Waals surface area contributed by atoms with Gasteiger partial charge in [0.15, 0.2) is 5.84 Å². The summed E-state index contributed by atoms with van der Waals surface area (Å²) in [5, 5.41) is 14.6. The molecule has 0 aliphatic carbocycles. The number of carbonyl (C=O) groups is 1. The second-order valence-corrected chi connectivity index (χ2v) is 4.86. The molecule has 110 valence electrons. The summed E-state index contributed by atoms with van der Waals surface area (Å²) in [7, 11) is 0. The molecule has 0 saturated carbocycles. The second kappa shape index (κ2) is 6.93. The molecule has 20 heavy (non-hydrogen) atoms. The molecule has 5 heteroatoms. The van der Waals surface area contributed by atoms with Crippen molar-refractivity contribution in [2.75, 3.05) is 0 Å². The number of hydrogen-bond acceptors (Lipinski definition) is 3. The number of benzene rings is 1. The third-order valence-electron chi connectivity index (χ3n) is 3.96. The molecule has 0 radical (unpaired) electrons. The van der Waals surface area contributed by atoms with Crippen LogP contribution in [0.5, 0.6) is 0 Å². The predicted molar refractivity (Wildman–Crippen MR) is 80.0 cm³/mol. The van der Waals surface area contributed by atoms with Crippen LogP contribution in [-0.2, 0) is 0 Å². The summed E-state index contributed by atoms with van der Waals surface area (Å²) >= 11 is 0. The number of nitrogens with two attached hydrogens (primary N) is 1. The van der Waals surface area contributed by atoms with Gasteiger partial charge in [-0.2, -0.15) is 0 Å². The van der Waals surface area contributed by atoms with Crippen molar-refractivity contribution in [2.24, 2.45) is 10.9 Å². The molecule has 5 nitrogen and oxygen atoms in total. The van der Waals surface area contributed by atoms with E-state index in [1.807, 2.05) is 0 Å². The van der Waals surface area contributed by atoms with Crippen molar-refractivity contribution < 1.29 is 10.0 Å². The van der Waals surface area contributed by atoms with Gasteiger partial charge in [0.25, 0.3) is 5.91 Å². The van der Waals surface area contributed by atoms with Crippen LogP contribution in [0.25, 0.3) is 0 Å². The minimum absolute atomic E-state index is 0.0296. The summed E-state index contributed by atoms with van der Waals surface area (Å²) in [4.78, 5) is 12.3.